The van der Waals surface area contributed by atoms with Crippen molar-refractivity contribution >= 4 is 5.97 Å². The summed E-state index contributed by atoms with van der Waals surface area (Å²) >= 11 is 0. The van der Waals surface area contributed by atoms with Crippen molar-refractivity contribution in [1.82, 2.24) is 15.2 Å². The number of esters is 1. The lowest BCUT2D eigenvalue weighted by atomic mass is 10.5. The molecule has 0 aromatic carbocycles. The highest BCUT2D eigenvalue weighted by Gasteiger charge is 1.93. The highest BCUT2D eigenvalue weighted by molar-refractivity contribution is 5.88. The maximum Gasteiger partial charge on any atom is 0.384 e. The monoisotopic (exact) mass is 165 g/mol. The van der Waals surface area contributed by atoms with Gasteiger partial charge in [-0.05, 0) is 12.8 Å². The van der Waals surface area contributed by atoms with Crippen LogP contribution in [0.25, 0.3) is 0 Å². The van der Waals surface area contributed by atoms with Gasteiger partial charge in [-0.25, -0.2) is 9.78 Å². The summed E-state index contributed by atoms with van der Waals surface area (Å²) in [6.07, 6.45) is 1.31. The SMILES string of the molecule is CCOC(=O)C#Cc1ncn[nH]1. The van der Waals surface area contributed by atoms with Crippen LogP contribution in [-0.2, 0) is 9.53 Å². The number of nitrogens with zero attached hydrogens (tertiary/aromatic N) is 2. The molecule has 0 spiro atoms. The van der Waals surface area contributed by atoms with E-state index in [1.54, 1.807) is 6.92 Å². The van der Waals surface area contributed by atoms with Crippen molar-refractivity contribution in [3.63, 3.8) is 0 Å². The van der Waals surface area contributed by atoms with Crippen LogP contribution in [-0.4, -0.2) is 27.8 Å². The van der Waals surface area contributed by atoms with Crippen LogP contribution in [0.3, 0.4) is 0 Å². The van der Waals surface area contributed by atoms with Gasteiger partial charge in [0.05, 0.1) is 6.61 Å². The molecule has 0 saturated heterocycles. The minimum Gasteiger partial charge on any atom is -0.456 e. The molecule has 0 aliphatic rings. The zero-order valence-corrected chi connectivity index (χ0v) is 6.50. The van der Waals surface area contributed by atoms with Gasteiger partial charge in [-0.3, -0.25) is 5.10 Å². The second kappa shape index (κ2) is 4.13. The van der Waals surface area contributed by atoms with E-state index >= 15 is 0 Å². The molecule has 1 aromatic rings. The Morgan fingerprint density at radius 2 is 2.67 bits per heavy atom. The number of nitrogens with one attached hydrogen (secondary N) is 1. The average molecular weight is 165 g/mol. The number of aromatic nitrogens is 3. The van der Waals surface area contributed by atoms with Crippen LogP contribution in [0.1, 0.15) is 12.7 Å². The summed E-state index contributed by atoms with van der Waals surface area (Å²) in [5.41, 5.74) is 0. The Balaban J connectivity index is 2.54. The standard InChI is InChI=1S/C7H7N3O2/c1-2-12-7(11)4-3-6-8-5-9-10-6/h5H,2H2,1H3,(H,8,9,10). The van der Waals surface area contributed by atoms with Crippen LogP contribution in [0, 0.1) is 11.8 Å². The van der Waals surface area contributed by atoms with Crippen LogP contribution < -0.4 is 0 Å². The van der Waals surface area contributed by atoms with Crippen LogP contribution in [0.5, 0.6) is 0 Å². The van der Waals surface area contributed by atoms with Crippen LogP contribution in [0.4, 0.5) is 0 Å². The molecule has 0 unspecified atom stereocenters. The number of ether oxygens (including phenoxy) is 1. The van der Waals surface area contributed by atoms with E-state index in [0.717, 1.165) is 0 Å². The van der Waals surface area contributed by atoms with Crippen molar-refractivity contribution in [1.29, 1.82) is 0 Å². The van der Waals surface area contributed by atoms with E-state index in [9.17, 15) is 4.79 Å². The lowest BCUT2D eigenvalue weighted by molar-refractivity contribution is -0.136. The molecule has 1 N–H and O–H groups in total. The Kier molecular flexibility index (Phi) is 2.85. The van der Waals surface area contributed by atoms with Gasteiger partial charge in [0, 0.05) is 5.92 Å². The highest BCUT2D eigenvalue weighted by Crippen LogP contribution is 1.80. The zero-order valence-electron chi connectivity index (χ0n) is 6.50. The summed E-state index contributed by atoms with van der Waals surface area (Å²) in [6.45, 7) is 2.04. The lowest BCUT2D eigenvalue weighted by Crippen LogP contribution is -1.99. The Labute approximate surface area is 69.1 Å². The molecule has 5 nitrogen and oxygen atoms in total. The third-order valence-electron chi connectivity index (χ3n) is 0.973. The van der Waals surface area contributed by atoms with Gasteiger partial charge in [0.1, 0.15) is 6.33 Å². The second-order valence-electron chi connectivity index (χ2n) is 1.80. The molecular weight excluding hydrogens is 158 g/mol. The minimum atomic E-state index is -0.561. The van der Waals surface area contributed by atoms with E-state index in [0.29, 0.717) is 12.4 Å². The van der Waals surface area contributed by atoms with Gasteiger partial charge in [0.25, 0.3) is 0 Å². The topological polar surface area (TPSA) is 67.9 Å². The summed E-state index contributed by atoms with van der Waals surface area (Å²) in [5.74, 6) is 4.49. The summed E-state index contributed by atoms with van der Waals surface area (Å²) < 4.78 is 4.57. The average Bonchev–Trinajstić information content (AvgIpc) is 2.53. The molecule has 1 aromatic heterocycles. The zero-order chi connectivity index (χ0) is 8.81. The van der Waals surface area contributed by atoms with E-state index in [1.807, 2.05) is 0 Å². The molecule has 1 rings (SSSR count). The van der Waals surface area contributed by atoms with Crippen molar-refractivity contribution < 1.29 is 9.53 Å². The highest BCUT2D eigenvalue weighted by atomic mass is 16.5. The van der Waals surface area contributed by atoms with E-state index in [-0.39, 0.29) is 0 Å². The first kappa shape index (κ1) is 8.27. The fourth-order valence-corrected chi connectivity index (χ4v) is 0.543. The molecule has 0 radical (unpaired) electrons. The third kappa shape index (κ3) is 2.42. The molecule has 0 aliphatic heterocycles. The van der Waals surface area contributed by atoms with Crippen LogP contribution in [0.15, 0.2) is 6.33 Å². The number of hydrogen-bond acceptors (Lipinski definition) is 4. The number of H-pyrrole nitrogens is 1. The lowest BCUT2D eigenvalue weighted by Gasteiger charge is -1.89. The van der Waals surface area contributed by atoms with Crippen LogP contribution in [0.2, 0.25) is 0 Å². The smallest absolute Gasteiger partial charge is 0.384 e. The van der Waals surface area contributed by atoms with E-state index in [1.165, 1.54) is 6.33 Å². The number of carbonyl (C=O) groups is 1. The number of aromatic amines is 1. The summed E-state index contributed by atoms with van der Waals surface area (Å²) in [5, 5.41) is 6.05. The quantitative estimate of drug-likeness (QED) is 0.459. The van der Waals surface area contributed by atoms with Crippen molar-refractivity contribution in [3.05, 3.63) is 12.2 Å². The normalized spacial score (nSPS) is 8.42. The Hall–Kier alpha value is -1.83. The van der Waals surface area contributed by atoms with Crippen molar-refractivity contribution in [2.45, 2.75) is 6.92 Å². The number of carbonyl (C=O) groups excluding carboxylic acids is 1. The van der Waals surface area contributed by atoms with Crippen molar-refractivity contribution in [2.75, 3.05) is 6.61 Å². The third-order valence-corrected chi connectivity index (χ3v) is 0.973. The van der Waals surface area contributed by atoms with Gasteiger partial charge in [0.2, 0.25) is 5.82 Å². The van der Waals surface area contributed by atoms with Gasteiger partial charge in [-0.15, -0.1) is 0 Å². The van der Waals surface area contributed by atoms with Crippen LogP contribution >= 0.6 is 0 Å². The molecule has 62 valence electrons. The largest absolute Gasteiger partial charge is 0.456 e. The molecule has 0 amide bonds. The molecule has 0 saturated carbocycles. The molecule has 0 fully saturated rings. The van der Waals surface area contributed by atoms with Gasteiger partial charge < -0.3 is 4.74 Å². The minimum absolute atomic E-state index is 0.323. The summed E-state index contributed by atoms with van der Waals surface area (Å²) in [7, 11) is 0. The van der Waals surface area contributed by atoms with Gasteiger partial charge in [-0.1, -0.05) is 0 Å². The first-order valence-electron chi connectivity index (χ1n) is 3.37. The first-order chi connectivity index (χ1) is 5.83. The number of hydrogen-bond donors (Lipinski definition) is 1. The van der Waals surface area contributed by atoms with Gasteiger partial charge in [-0.2, -0.15) is 5.10 Å². The Morgan fingerprint density at radius 3 is 3.25 bits per heavy atom. The molecule has 5 heteroatoms. The summed E-state index contributed by atoms with van der Waals surface area (Å²) in [4.78, 5) is 14.4. The second-order valence-corrected chi connectivity index (χ2v) is 1.80. The predicted molar refractivity (Wildman–Crippen MR) is 39.9 cm³/mol. The first-order valence-corrected chi connectivity index (χ1v) is 3.37. The van der Waals surface area contributed by atoms with Crippen molar-refractivity contribution in [2.24, 2.45) is 0 Å². The maximum absolute atomic E-state index is 10.7. The van der Waals surface area contributed by atoms with E-state index < -0.39 is 5.97 Å². The summed E-state index contributed by atoms with van der Waals surface area (Å²) in [6, 6.07) is 0. The predicted octanol–water partition coefficient (Wildman–Crippen LogP) is -0.281. The molecular formula is C7H7N3O2. The number of rotatable bonds is 1. The molecule has 0 bridgehead atoms. The molecule has 0 atom stereocenters. The molecule has 12 heavy (non-hydrogen) atoms. The Bertz CT molecular complexity index is 307. The van der Waals surface area contributed by atoms with Gasteiger partial charge in [0.15, 0.2) is 0 Å². The van der Waals surface area contributed by atoms with E-state index in [2.05, 4.69) is 31.8 Å². The fraction of sp³-hybridized carbons (Fsp3) is 0.286. The maximum atomic E-state index is 10.7. The fourth-order valence-electron chi connectivity index (χ4n) is 0.543. The van der Waals surface area contributed by atoms with Crippen molar-refractivity contribution in [3.8, 4) is 11.8 Å². The van der Waals surface area contributed by atoms with Gasteiger partial charge >= 0.3 is 5.97 Å². The van der Waals surface area contributed by atoms with E-state index in [4.69, 9.17) is 0 Å². The molecule has 1 heterocycles. The Morgan fingerprint density at radius 1 is 1.83 bits per heavy atom. The molecule has 0 aliphatic carbocycles.